The summed E-state index contributed by atoms with van der Waals surface area (Å²) >= 11 is 0. The number of aryl methyl sites for hydroxylation is 1. The number of nitrogens with zero attached hydrogens (tertiary/aromatic N) is 1. The molecule has 4 amide bonds. The molecule has 1 atom stereocenters. The molecule has 27 heavy (non-hydrogen) atoms. The minimum atomic E-state index is -1.01. The number of ether oxygens (including phenoxy) is 1. The van der Waals surface area contributed by atoms with Crippen molar-refractivity contribution in [2.45, 2.75) is 58.0 Å². The molecule has 0 saturated carbocycles. The second kappa shape index (κ2) is 8.88. The Morgan fingerprint density at radius 2 is 1.85 bits per heavy atom. The molecule has 7 nitrogen and oxygen atoms in total. The van der Waals surface area contributed by atoms with Gasteiger partial charge in [-0.05, 0) is 50.3 Å². The number of rotatable bonds is 9. The van der Waals surface area contributed by atoms with Crippen molar-refractivity contribution >= 4 is 17.8 Å². The third-order valence-electron chi connectivity index (χ3n) is 5.07. The van der Waals surface area contributed by atoms with Gasteiger partial charge in [0, 0.05) is 6.04 Å². The van der Waals surface area contributed by atoms with Crippen molar-refractivity contribution in [2.75, 3.05) is 13.7 Å². The molecule has 0 aliphatic carbocycles. The largest absolute Gasteiger partial charge is 0.497 e. The van der Waals surface area contributed by atoms with E-state index in [2.05, 4.69) is 10.6 Å². The fraction of sp³-hybridized carbons (Fsp3) is 0.550. The van der Waals surface area contributed by atoms with Crippen LogP contribution in [0.25, 0.3) is 0 Å². The van der Waals surface area contributed by atoms with Crippen LogP contribution in [-0.4, -0.2) is 48.0 Å². The van der Waals surface area contributed by atoms with Gasteiger partial charge >= 0.3 is 6.03 Å². The van der Waals surface area contributed by atoms with E-state index in [1.54, 1.807) is 14.0 Å². The van der Waals surface area contributed by atoms with Crippen molar-refractivity contribution in [3.63, 3.8) is 0 Å². The van der Waals surface area contributed by atoms with Crippen LogP contribution < -0.4 is 15.4 Å². The average molecular weight is 375 g/mol. The number of carbonyl (C=O) groups is 3. The molecule has 1 saturated heterocycles. The zero-order chi connectivity index (χ0) is 20.0. The summed E-state index contributed by atoms with van der Waals surface area (Å²) in [5, 5.41) is 5.60. The fourth-order valence-corrected chi connectivity index (χ4v) is 3.16. The summed E-state index contributed by atoms with van der Waals surface area (Å²) in [7, 11) is 1.61. The summed E-state index contributed by atoms with van der Waals surface area (Å²) in [4.78, 5) is 38.2. The summed E-state index contributed by atoms with van der Waals surface area (Å²) in [5.74, 6) is 0.0946. The molecule has 1 aromatic rings. The number of nitrogens with one attached hydrogen (secondary N) is 2. The van der Waals surface area contributed by atoms with Crippen LogP contribution in [0.3, 0.4) is 0 Å². The van der Waals surface area contributed by atoms with E-state index < -0.39 is 11.6 Å². The van der Waals surface area contributed by atoms with Gasteiger partial charge in [0.15, 0.2) is 0 Å². The highest BCUT2D eigenvalue weighted by atomic mass is 16.5. The van der Waals surface area contributed by atoms with E-state index in [0.717, 1.165) is 29.1 Å². The molecular formula is C20H29N3O4. The number of urea groups is 1. The smallest absolute Gasteiger partial charge is 0.325 e. The van der Waals surface area contributed by atoms with E-state index >= 15 is 0 Å². The number of methoxy groups -OCH3 is 1. The third kappa shape index (κ3) is 4.99. The van der Waals surface area contributed by atoms with Crippen LogP contribution in [0.4, 0.5) is 4.79 Å². The molecule has 0 radical (unpaired) electrons. The number of hydrogen-bond donors (Lipinski definition) is 2. The van der Waals surface area contributed by atoms with E-state index in [9.17, 15) is 14.4 Å². The predicted octanol–water partition coefficient (Wildman–Crippen LogP) is 2.24. The molecule has 1 heterocycles. The van der Waals surface area contributed by atoms with Gasteiger partial charge in [0.1, 0.15) is 17.8 Å². The highest BCUT2D eigenvalue weighted by molar-refractivity contribution is 6.08. The van der Waals surface area contributed by atoms with Crippen LogP contribution in [0.1, 0.15) is 45.6 Å². The Balaban J connectivity index is 1.97. The highest BCUT2D eigenvalue weighted by Crippen LogP contribution is 2.24. The van der Waals surface area contributed by atoms with Crippen LogP contribution in [0.2, 0.25) is 0 Å². The van der Waals surface area contributed by atoms with Gasteiger partial charge < -0.3 is 15.4 Å². The molecule has 2 rings (SSSR count). The first-order chi connectivity index (χ1) is 12.8. The molecule has 1 fully saturated rings. The Morgan fingerprint density at radius 3 is 2.41 bits per heavy atom. The molecule has 0 bridgehead atoms. The number of imide groups is 1. The first kappa shape index (κ1) is 20.7. The van der Waals surface area contributed by atoms with Gasteiger partial charge in [-0.15, -0.1) is 0 Å². The Labute approximate surface area is 160 Å². The molecule has 0 unspecified atom stereocenters. The molecular weight excluding hydrogens is 346 g/mol. The zero-order valence-corrected chi connectivity index (χ0v) is 16.5. The van der Waals surface area contributed by atoms with Gasteiger partial charge in [-0.25, -0.2) is 4.79 Å². The number of benzene rings is 1. The SMILES string of the molecule is CCC(CC)NC(=O)CN1C(=O)N[C@](C)(CCc2ccc(OC)cc2)C1=O. The van der Waals surface area contributed by atoms with E-state index in [0.29, 0.717) is 12.8 Å². The highest BCUT2D eigenvalue weighted by Gasteiger charge is 2.47. The molecule has 1 aliphatic rings. The second-order valence-electron chi connectivity index (χ2n) is 7.08. The normalized spacial score (nSPS) is 19.4. The Hall–Kier alpha value is -2.57. The molecule has 2 N–H and O–H groups in total. The van der Waals surface area contributed by atoms with Crippen LogP contribution in [0.15, 0.2) is 24.3 Å². The molecule has 7 heteroatoms. The van der Waals surface area contributed by atoms with Crippen LogP contribution in [0.5, 0.6) is 5.75 Å². The maximum absolute atomic E-state index is 12.8. The summed E-state index contributed by atoms with van der Waals surface area (Å²) in [6.07, 6.45) is 2.69. The standard InChI is InChI=1S/C20H29N3O4/c1-5-15(6-2)21-17(24)13-23-18(25)20(3,22-19(23)26)12-11-14-7-9-16(27-4)10-8-14/h7-10,15H,5-6,11-13H2,1-4H3,(H,21,24)(H,22,26)/t20-/m1/s1. The molecule has 1 aliphatic heterocycles. The molecule has 148 valence electrons. The van der Waals surface area contributed by atoms with Crippen molar-refractivity contribution in [1.82, 2.24) is 15.5 Å². The lowest BCUT2D eigenvalue weighted by atomic mass is 9.93. The molecule has 1 aromatic carbocycles. The zero-order valence-electron chi connectivity index (χ0n) is 16.5. The quantitative estimate of drug-likeness (QED) is 0.648. The van der Waals surface area contributed by atoms with E-state index in [4.69, 9.17) is 4.74 Å². The fourth-order valence-electron chi connectivity index (χ4n) is 3.16. The van der Waals surface area contributed by atoms with Gasteiger partial charge in [-0.1, -0.05) is 26.0 Å². The minimum absolute atomic E-state index is 0.0553. The molecule has 0 aromatic heterocycles. The van der Waals surface area contributed by atoms with Crippen molar-refractivity contribution in [3.05, 3.63) is 29.8 Å². The first-order valence-electron chi connectivity index (χ1n) is 9.39. The first-order valence-corrected chi connectivity index (χ1v) is 9.39. The minimum Gasteiger partial charge on any atom is -0.497 e. The topological polar surface area (TPSA) is 87.7 Å². The number of hydrogen-bond acceptors (Lipinski definition) is 4. The number of amides is 4. The monoisotopic (exact) mass is 375 g/mol. The van der Waals surface area contributed by atoms with Gasteiger partial charge in [0.2, 0.25) is 5.91 Å². The van der Waals surface area contributed by atoms with Crippen LogP contribution in [0, 0.1) is 0 Å². The van der Waals surface area contributed by atoms with Crippen molar-refractivity contribution in [2.24, 2.45) is 0 Å². The van der Waals surface area contributed by atoms with E-state index in [-0.39, 0.29) is 24.4 Å². The van der Waals surface area contributed by atoms with Crippen molar-refractivity contribution in [3.8, 4) is 5.75 Å². The third-order valence-corrected chi connectivity index (χ3v) is 5.07. The van der Waals surface area contributed by atoms with Crippen LogP contribution in [-0.2, 0) is 16.0 Å². The van der Waals surface area contributed by atoms with Gasteiger partial charge in [0.25, 0.3) is 5.91 Å². The maximum atomic E-state index is 12.8. The Bertz CT molecular complexity index is 685. The van der Waals surface area contributed by atoms with Crippen LogP contribution >= 0.6 is 0 Å². The summed E-state index contributed by atoms with van der Waals surface area (Å²) in [5.41, 5.74) is 0.0376. The summed E-state index contributed by atoms with van der Waals surface area (Å²) in [6, 6.07) is 7.13. The van der Waals surface area contributed by atoms with Gasteiger partial charge in [-0.2, -0.15) is 0 Å². The Kier molecular flexibility index (Phi) is 6.82. The molecule has 0 spiro atoms. The lowest BCUT2D eigenvalue weighted by Gasteiger charge is -2.22. The number of carbonyl (C=O) groups excluding carboxylic acids is 3. The lowest BCUT2D eigenvalue weighted by Crippen LogP contribution is -2.46. The van der Waals surface area contributed by atoms with Crippen molar-refractivity contribution in [1.29, 1.82) is 0 Å². The Morgan fingerprint density at radius 1 is 1.22 bits per heavy atom. The maximum Gasteiger partial charge on any atom is 0.325 e. The summed E-state index contributed by atoms with van der Waals surface area (Å²) in [6.45, 7) is 5.42. The second-order valence-corrected chi connectivity index (χ2v) is 7.08. The average Bonchev–Trinajstić information content (AvgIpc) is 2.88. The lowest BCUT2D eigenvalue weighted by molar-refractivity contribution is -0.135. The predicted molar refractivity (Wildman–Crippen MR) is 102 cm³/mol. The summed E-state index contributed by atoms with van der Waals surface area (Å²) < 4.78 is 5.14. The van der Waals surface area contributed by atoms with E-state index in [1.807, 2.05) is 38.1 Å². The van der Waals surface area contributed by atoms with Gasteiger partial charge in [-0.3, -0.25) is 14.5 Å². The van der Waals surface area contributed by atoms with E-state index in [1.165, 1.54) is 0 Å². The van der Waals surface area contributed by atoms with Gasteiger partial charge in [0.05, 0.1) is 7.11 Å². The van der Waals surface area contributed by atoms with Crippen molar-refractivity contribution < 1.29 is 19.1 Å².